The van der Waals surface area contributed by atoms with Crippen LogP contribution < -0.4 is 14.8 Å². The number of ether oxygens (including phenoxy) is 2. The minimum Gasteiger partial charge on any atom is -0.478 e. The molecule has 2 aromatic heterocycles. The monoisotopic (exact) mass is 399 g/mol. The Morgan fingerprint density at radius 1 is 1.32 bits per heavy atom. The number of pyridine rings is 1. The largest absolute Gasteiger partial charge is 0.478 e. The van der Waals surface area contributed by atoms with E-state index in [0.717, 1.165) is 18.4 Å². The van der Waals surface area contributed by atoms with Crippen molar-refractivity contribution in [2.24, 2.45) is 0 Å². The fourth-order valence-electron chi connectivity index (χ4n) is 2.30. The van der Waals surface area contributed by atoms with Gasteiger partial charge in [0, 0.05) is 23.7 Å². The number of carbonyl (C=O) groups is 1. The number of carbonyl (C=O) groups excluding carboxylic acids is 1. The van der Waals surface area contributed by atoms with E-state index in [9.17, 15) is 4.79 Å². The lowest BCUT2D eigenvalue weighted by atomic mass is 10.1. The molecule has 0 spiro atoms. The second-order valence-corrected chi connectivity index (χ2v) is 7.02. The number of nitrogens with zero attached hydrogens (tertiary/aromatic N) is 2. The van der Waals surface area contributed by atoms with Crippen molar-refractivity contribution in [3.63, 3.8) is 0 Å². The highest BCUT2D eigenvalue weighted by Crippen LogP contribution is 2.21. The van der Waals surface area contributed by atoms with E-state index < -0.39 is 0 Å². The predicted octanol–water partition coefficient (Wildman–Crippen LogP) is 5.04. The van der Waals surface area contributed by atoms with Gasteiger partial charge in [0.05, 0.1) is 18.3 Å². The van der Waals surface area contributed by atoms with Gasteiger partial charge in [-0.3, -0.25) is 10.1 Å². The van der Waals surface area contributed by atoms with Gasteiger partial charge in [0.2, 0.25) is 11.8 Å². The summed E-state index contributed by atoms with van der Waals surface area (Å²) < 4.78 is 11.4. The summed E-state index contributed by atoms with van der Waals surface area (Å²) in [7, 11) is 0. The molecule has 148 valence electrons. The van der Waals surface area contributed by atoms with Gasteiger partial charge in [-0.05, 0) is 32.3 Å². The lowest BCUT2D eigenvalue weighted by Gasteiger charge is -2.13. The zero-order chi connectivity index (χ0) is 20.4. The van der Waals surface area contributed by atoms with Gasteiger partial charge < -0.3 is 9.47 Å². The first-order valence-electron chi connectivity index (χ1n) is 8.98. The van der Waals surface area contributed by atoms with Crippen LogP contribution in [-0.4, -0.2) is 28.6 Å². The van der Waals surface area contributed by atoms with Crippen LogP contribution in [0.5, 0.6) is 11.8 Å². The minimum atomic E-state index is -0.293. The summed E-state index contributed by atoms with van der Waals surface area (Å²) in [5.74, 6) is 0.393. The Morgan fingerprint density at radius 3 is 2.75 bits per heavy atom. The van der Waals surface area contributed by atoms with Crippen molar-refractivity contribution in [2.45, 2.75) is 32.8 Å². The topological polar surface area (TPSA) is 73.3 Å². The third-order valence-corrected chi connectivity index (χ3v) is 4.19. The maximum atomic E-state index is 12.5. The summed E-state index contributed by atoms with van der Waals surface area (Å²) in [4.78, 5) is 20.9. The molecule has 0 bridgehead atoms. The summed E-state index contributed by atoms with van der Waals surface area (Å²) in [5, 5.41) is 5.07. The Kier molecular flexibility index (Phi) is 8.42. The summed E-state index contributed by atoms with van der Waals surface area (Å²) >= 11 is 1.35. The van der Waals surface area contributed by atoms with Crippen molar-refractivity contribution >= 4 is 22.4 Å². The number of allylic oxidation sites excluding steroid dienone is 4. The van der Waals surface area contributed by atoms with Crippen molar-refractivity contribution in [1.29, 1.82) is 0 Å². The third-order valence-electron chi connectivity index (χ3n) is 3.50. The van der Waals surface area contributed by atoms with Gasteiger partial charge in [-0.2, -0.15) is 4.98 Å². The van der Waals surface area contributed by atoms with Gasteiger partial charge in [-0.15, -0.1) is 11.3 Å². The summed E-state index contributed by atoms with van der Waals surface area (Å²) in [5.41, 5.74) is 1.49. The highest BCUT2D eigenvalue weighted by atomic mass is 32.1. The van der Waals surface area contributed by atoms with Crippen LogP contribution in [0.2, 0.25) is 0 Å². The maximum Gasteiger partial charge on any atom is 0.257 e. The maximum absolute atomic E-state index is 12.5. The minimum absolute atomic E-state index is 0.0724. The highest BCUT2D eigenvalue weighted by molar-refractivity contribution is 7.13. The van der Waals surface area contributed by atoms with E-state index >= 15 is 0 Å². The number of rotatable bonds is 11. The van der Waals surface area contributed by atoms with Gasteiger partial charge in [-0.1, -0.05) is 31.4 Å². The lowest BCUT2D eigenvalue weighted by Crippen LogP contribution is -2.14. The van der Waals surface area contributed by atoms with E-state index in [2.05, 4.69) is 28.4 Å². The first-order valence-corrected chi connectivity index (χ1v) is 9.86. The first kappa shape index (κ1) is 21.4. The van der Waals surface area contributed by atoms with E-state index in [-0.39, 0.29) is 12.0 Å². The third kappa shape index (κ3) is 7.00. The molecule has 7 heteroatoms. The molecule has 0 aliphatic carbocycles. The van der Waals surface area contributed by atoms with E-state index in [4.69, 9.17) is 9.47 Å². The van der Waals surface area contributed by atoms with Crippen LogP contribution in [0.4, 0.5) is 5.13 Å². The number of anilines is 1. The molecule has 0 saturated heterocycles. The number of hydrogen-bond donors (Lipinski definition) is 1. The normalized spacial score (nSPS) is 11.2. The van der Waals surface area contributed by atoms with Gasteiger partial charge >= 0.3 is 0 Å². The standard InChI is InChI=1S/C21H25N3O3S/c1-5-8-16(6-2)9-7-11-26-18-13-17(14-19(23-18)27-15(3)4)20(25)24-21-22-10-12-28-21/h5-6,8,10,12-15H,1-2,7,9,11H2,3-4H3,(H,22,24,25)/b16-8+. The molecule has 0 unspecified atom stereocenters. The zero-order valence-corrected chi connectivity index (χ0v) is 17.0. The molecule has 1 amide bonds. The fraction of sp³-hybridized carbons (Fsp3) is 0.286. The van der Waals surface area contributed by atoms with Crippen LogP contribution >= 0.6 is 11.3 Å². The molecule has 6 nitrogen and oxygen atoms in total. The first-order chi connectivity index (χ1) is 13.5. The van der Waals surface area contributed by atoms with Crippen molar-refractivity contribution in [3.05, 3.63) is 66.2 Å². The van der Waals surface area contributed by atoms with Crippen LogP contribution in [0.3, 0.4) is 0 Å². The molecule has 0 radical (unpaired) electrons. The molecule has 2 aromatic rings. The smallest absolute Gasteiger partial charge is 0.257 e. The Labute approximate surface area is 169 Å². The average molecular weight is 400 g/mol. The average Bonchev–Trinajstić information content (AvgIpc) is 3.16. The molecule has 1 N–H and O–H groups in total. The SMILES string of the molecule is C=C/C=C(\C=C)CCCOc1cc(C(=O)Nc2nccs2)cc(OC(C)C)n1. The van der Waals surface area contributed by atoms with E-state index in [1.165, 1.54) is 11.3 Å². The zero-order valence-electron chi connectivity index (χ0n) is 16.2. The number of amides is 1. The van der Waals surface area contributed by atoms with Crippen LogP contribution in [0, 0.1) is 0 Å². The predicted molar refractivity (Wildman–Crippen MR) is 113 cm³/mol. The van der Waals surface area contributed by atoms with Crippen LogP contribution in [0.15, 0.2) is 60.7 Å². The van der Waals surface area contributed by atoms with Crippen LogP contribution in [0.25, 0.3) is 0 Å². The molecule has 0 aliphatic heterocycles. The van der Waals surface area contributed by atoms with Crippen molar-refractivity contribution in [3.8, 4) is 11.8 Å². The number of hydrogen-bond acceptors (Lipinski definition) is 6. The van der Waals surface area contributed by atoms with E-state index in [1.54, 1.807) is 35.9 Å². The second-order valence-electron chi connectivity index (χ2n) is 6.12. The van der Waals surface area contributed by atoms with Crippen molar-refractivity contribution in [1.82, 2.24) is 9.97 Å². The van der Waals surface area contributed by atoms with Crippen LogP contribution in [-0.2, 0) is 0 Å². The molecule has 2 heterocycles. The Hall–Kier alpha value is -2.93. The molecule has 0 aromatic carbocycles. The quantitative estimate of drug-likeness (QED) is 0.423. The van der Waals surface area contributed by atoms with Crippen molar-refractivity contribution < 1.29 is 14.3 Å². The highest BCUT2D eigenvalue weighted by Gasteiger charge is 2.14. The fourth-order valence-corrected chi connectivity index (χ4v) is 2.82. The number of nitrogens with one attached hydrogen (secondary N) is 1. The number of aromatic nitrogens is 2. The lowest BCUT2D eigenvalue weighted by molar-refractivity contribution is 0.102. The summed E-state index contributed by atoms with van der Waals surface area (Å²) in [6, 6.07) is 3.20. The second kappa shape index (κ2) is 11.0. The van der Waals surface area contributed by atoms with Gasteiger partial charge in [-0.25, -0.2) is 4.98 Å². The molecule has 28 heavy (non-hydrogen) atoms. The van der Waals surface area contributed by atoms with Gasteiger partial charge in [0.25, 0.3) is 5.91 Å². The Balaban J connectivity index is 2.07. The van der Waals surface area contributed by atoms with E-state index in [0.29, 0.717) is 29.1 Å². The summed E-state index contributed by atoms with van der Waals surface area (Å²) in [6.07, 6.45) is 8.61. The molecule has 0 aliphatic rings. The molecule has 0 fully saturated rings. The molecule has 0 atom stereocenters. The Morgan fingerprint density at radius 2 is 2.11 bits per heavy atom. The molecule has 2 rings (SSSR count). The van der Waals surface area contributed by atoms with E-state index in [1.807, 2.05) is 19.9 Å². The summed E-state index contributed by atoms with van der Waals surface area (Å²) in [6.45, 7) is 11.7. The van der Waals surface area contributed by atoms with Gasteiger partial charge in [0.15, 0.2) is 5.13 Å². The molecular weight excluding hydrogens is 374 g/mol. The van der Waals surface area contributed by atoms with Gasteiger partial charge in [0.1, 0.15) is 0 Å². The molecule has 0 saturated carbocycles. The molecular formula is C21H25N3O3S. The van der Waals surface area contributed by atoms with Crippen molar-refractivity contribution in [2.75, 3.05) is 11.9 Å². The number of thiazole rings is 1. The van der Waals surface area contributed by atoms with Crippen LogP contribution in [0.1, 0.15) is 37.0 Å². The Bertz CT molecular complexity index is 829.